The van der Waals surface area contributed by atoms with Crippen molar-refractivity contribution >= 4 is 33.0 Å². The molecule has 106 valence electrons. The molecule has 0 aliphatic heterocycles. The van der Waals surface area contributed by atoms with Crippen molar-refractivity contribution in [2.45, 2.75) is 6.54 Å². The average Bonchev–Trinajstić information content (AvgIpc) is 2.84. The molecule has 4 nitrogen and oxygen atoms in total. The van der Waals surface area contributed by atoms with E-state index in [0.29, 0.717) is 16.1 Å². The molecular formula is C15H12FN3OS. The molecule has 1 amide bonds. The Morgan fingerprint density at radius 1 is 1.33 bits per heavy atom. The van der Waals surface area contributed by atoms with E-state index in [4.69, 9.17) is 5.73 Å². The molecule has 3 rings (SSSR count). The van der Waals surface area contributed by atoms with Gasteiger partial charge in [0.15, 0.2) is 0 Å². The number of amides is 1. The highest BCUT2D eigenvalue weighted by Crippen LogP contribution is 2.32. The van der Waals surface area contributed by atoms with E-state index in [2.05, 4.69) is 10.3 Å². The Kier molecular flexibility index (Phi) is 3.53. The number of nitrogens with zero attached hydrogens (tertiary/aromatic N) is 1. The molecule has 3 aromatic rings. The summed E-state index contributed by atoms with van der Waals surface area (Å²) in [6.07, 6.45) is 3.30. The third-order valence-electron chi connectivity index (χ3n) is 3.13. The Labute approximate surface area is 124 Å². The van der Waals surface area contributed by atoms with Crippen LogP contribution in [0.1, 0.15) is 15.2 Å². The monoisotopic (exact) mass is 301 g/mol. The number of nitrogens with one attached hydrogen (secondary N) is 1. The first-order valence-electron chi connectivity index (χ1n) is 6.30. The highest BCUT2D eigenvalue weighted by Gasteiger charge is 2.16. The van der Waals surface area contributed by atoms with Crippen LogP contribution in [0.4, 0.5) is 10.1 Å². The van der Waals surface area contributed by atoms with Gasteiger partial charge in [-0.2, -0.15) is 0 Å². The normalized spacial score (nSPS) is 10.7. The highest BCUT2D eigenvalue weighted by molar-refractivity contribution is 7.21. The third-order valence-corrected chi connectivity index (χ3v) is 4.29. The van der Waals surface area contributed by atoms with Gasteiger partial charge in [-0.25, -0.2) is 4.39 Å². The number of carbonyl (C=O) groups is 1. The zero-order valence-corrected chi connectivity index (χ0v) is 11.8. The van der Waals surface area contributed by atoms with Crippen molar-refractivity contribution in [3.05, 3.63) is 59.0 Å². The van der Waals surface area contributed by atoms with Gasteiger partial charge in [0.1, 0.15) is 10.7 Å². The molecule has 0 saturated carbocycles. The number of hydrogen-bond donors (Lipinski definition) is 2. The fourth-order valence-corrected chi connectivity index (χ4v) is 3.04. The van der Waals surface area contributed by atoms with Gasteiger partial charge in [0.25, 0.3) is 5.91 Å². The second-order valence-corrected chi connectivity index (χ2v) is 5.54. The van der Waals surface area contributed by atoms with Crippen molar-refractivity contribution in [3.63, 3.8) is 0 Å². The second kappa shape index (κ2) is 5.49. The van der Waals surface area contributed by atoms with E-state index in [1.807, 2.05) is 0 Å². The summed E-state index contributed by atoms with van der Waals surface area (Å²) in [5, 5.41) is 3.50. The number of halogens is 1. The van der Waals surface area contributed by atoms with Crippen molar-refractivity contribution in [1.29, 1.82) is 0 Å². The average molecular weight is 301 g/mol. The quantitative estimate of drug-likeness (QED) is 0.781. The van der Waals surface area contributed by atoms with Crippen LogP contribution < -0.4 is 11.1 Å². The summed E-state index contributed by atoms with van der Waals surface area (Å²) in [5.74, 6) is -0.650. The molecule has 0 saturated heterocycles. The summed E-state index contributed by atoms with van der Waals surface area (Å²) in [6.45, 7) is 0.122. The molecule has 0 bridgehead atoms. The number of hydrogen-bond acceptors (Lipinski definition) is 4. The summed E-state index contributed by atoms with van der Waals surface area (Å²) in [7, 11) is 0. The number of rotatable bonds is 3. The maximum Gasteiger partial charge on any atom is 0.263 e. The lowest BCUT2D eigenvalue weighted by Crippen LogP contribution is -2.23. The van der Waals surface area contributed by atoms with Crippen molar-refractivity contribution in [1.82, 2.24) is 10.3 Å². The van der Waals surface area contributed by atoms with Gasteiger partial charge < -0.3 is 11.1 Å². The van der Waals surface area contributed by atoms with Crippen LogP contribution in [0, 0.1) is 5.82 Å². The van der Waals surface area contributed by atoms with Crippen molar-refractivity contribution < 1.29 is 9.18 Å². The van der Waals surface area contributed by atoms with Crippen LogP contribution in [0.2, 0.25) is 0 Å². The van der Waals surface area contributed by atoms with Gasteiger partial charge in [0, 0.05) is 29.9 Å². The summed E-state index contributed by atoms with van der Waals surface area (Å²) in [4.78, 5) is 16.6. The molecule has 3 N–H and O–H groups in total. The van der Waals surface area contributed by atoms with E-state index in [9.17, 15) is 9.18 Å². The molecule has 21 heavy (non-hydrogen) atoms. The number of nitrogen functional groups attached to an aromatic ring is 1. The Balaban J connectivity index is 1.81. The van der Waals surface area contributed by atoms with Gasteiger partial charge in [-0.1, -0.05) is 18.2 Å². The van der Waals surface area contributed by atoms with Crippen LogP contribution in [0.15, 0.2) is 42.7 Å². The van der Waals surface area contributed by atoms with E-state index in [1.54, 1.807) is 36.7 Å². The first-order chi connectivity index (χ1) is 10.2. The fraction of sp³-hybridized carbons (Fsp3) is 0.0667. The van der Waals surface area contributed by atoms with Gasteiger partial charge in [-0.15, -0.1) is 11.3 Å². The van der Waals surface area contributed by atoms with Gasteiger partial charge in [0.2, 0.25) is 0 Å². The molecule has 6 heteroatoms. The highest BCUT2D eigenvalue weighted by atomic mass is 32.1. The molecule has 0 radical (unpaired) electrons. The minimum atomic E-state index is -0.341. The topological polar surface area (TPSA) is 68.0 Å². The first kappa shape index (κ1) is 13.5. The Morgan fingerprint density at radius 3 is 2.90 bits per heavy atom. The minimum Gasteiger partial charge on any atom is -0.397 e. The van der Waals surface area contributed by atoms with Crippen molar-refractivity contribution in [2.24, 2.45) is 0 Å². The zero-order chi connectivity index (χ0) is 14.8. The smallest absolute Gasteiger partial charge is 0.263 e. The largest absolute Gasteiger partial charge is 0.397 e. The van der Waals surface area contributed by atoms with Gasteiger partial charge in [-0.3, -0.25) is 9.78 Å². The lowest BCUT2D eigenvalue weighted by molar-refractivity contribution is 0.0955. The summed E-state index contributed by atoms with van der Waals surface area (Å²) < 4.78 is 14.4. The predicted octanol–water partition coefficient (Wildman–Crippen LogP) is 2.95. The molecular weight excluding hydrogens is 289 g/mol. The van der Waals surface area contributed by atoms with Crippen LogP contribution in [0.5, 0.6) is 0 Å². The molecule has 2 heterocycles. The number of pyridine rings is 1. The number of thiophene rings is 1. The van der Waals surface area contributed by atoms with Crippen molar-refractivity contribution in [2.75, 3.05) is 5.73 Å². The first-order valence-corrected chi connectivity index (χ1v) is 7.12. The van der Waals surface area contributed by atoms with Crippen LogP contribution in [0.3, 0.4) is 0 Å². The van der Waals surface area contributed by atoms with E-state index < -0.39 is 0 Å². The molecule has 0 spiro atoms. The van der Waals surface area contributed by atoms with Gasteiger partial charge in [-0.05, 0) is 12.1 Å². The van der Waals surface area contributed by atoms with Crippen LogP contribution in [-0.2, 0) is 6.54 Å². The summed E-state index contributed by atoms with van der Waals surface area (Å²) in [6, 6.07) is 8.10. The number of anilines is 1. The molecule has 0 aliphatic carbocycles. The van der Waals surface area contributed by atoms with Crippen molar-refractivity contribution in [3.8, 4) is 0 Å². The minimum absolute atomic E-state index is 0.122. The number of aromatic nitrogens is 1. The maximum absolute atomic E-state index is 13.5. The zero-order valence-electron chi connectivity index (χ0n) is 11.0. The number of benzene rings is 1. The van der Waals surface area contributed by atoms with E-state index in [1.165, 1.54) is 17.4 Å². The third kappa shape index (κ3) is 2.57. The van der Waals surface area contributed by atoms with Crippen LogP contribution in [0.25, 0.3) is 10.1 Å². The maximum atomic E-state index is 13.5. The number of carbonyl (C=O) groups excluding carboxylic acids is 1. The predicted molar refractivity (Wildman–Crippen MR) is 81.6 cm³/mol. The molecule has 0 unspecified atom stereocenters. The molecule has 0 atom stereocenters. The SMILES string of the molecule is Nc1c(C(=O)NCc2ccccc2F)sc2cnccc12. The van der Waals surface area contributed by atoms with Crippen LogP contribution in [-0.4, -0.2) is 10.9 Å². The Morgan fingerprint density at radius 2 is 2.14 bits per heavy atom. The fourth-order valence-electron chi connectivity index (χ4n) is 2.04. The van der Waals surface area contributed by atoms with Gasteiger partial charge in [0.05, 0.1) is 10.4 Å². The molecule has 2 aromatic heterocycles. The Hall–Kier alpha value is -2.47. The summed E-state index contributed by atoms with van der Waals surface area (Å²) >= 11 is 1.28. The molecule has 0 fully saturated rings. The lowest BCUT2D eigenvalue weighted by atomic mass is 10.2. The van der Waals surface area contributed by atoms with E-state index in [0.717, 1.165) is 10.1 Å². The van der Waals surface area contributed by atoms with Gasteiger partial charge >= 0.3 is 0 Å². The standard InChI is InChI=1S/C15H12FN3OS/c16-11-4-2-1-3-9(11)7-19-15(20)14-13(17)10-5-6-18-8-12(10)21-14/h1-6,8H,7,17H2,(H,19,20). The number of nitrogens with two attached hydrogens (primary N) is 1. The Bertz CT molecular complexity index is 816. The van der Waals surface area contributed by atoms with E-state index in [-0.39, 0.29) is 18.3 Å². The number of fused-ring (bicyclic) bond motifs is 1. The van der Waals surface area contributed by atoms with E-state index >= 15 is 0 Å². The lowest BCUT2D eigenvalue weighted by Gasteiger charge is -2.05. The second-order valence-electron chi connectivity index (χ2n) is 4.49. The summed E-state index contributed by atoms with van der Waals surface area (Å²) in [5.41, 5.74) is 6.86. The molecule has 1 aromatic carbocycles. The molecule has 0 aliphatic rings. The van der Waals surface area contributed by atoms with Crippen LogP contribution >= 0.6 is 11.3 Å².